The van der Waals surface area contributed by atoms with Gasteiger partial charge in [-0.3, -0.25) is 19.9 Å². The Balaban J connectivity index is 1.94. The van der Waals surface area contributed by atoms with Crippen LogP contribution in [0.2, 0.25) is 0 Å². The Labute approximate surface area is 153 Å². The number of nitrogens with two attached hydrogens (primary N) is 1. The van der Waals surface area contributed by atoms with Gasteiger partial charge in [-0.05, 0) is 47.6 Å². The molecule has 26 heavy (non-hydrogen) atoms. The molecular formula is C17H15N5O3S. The summed E-state index contributed by atoms with van der Waals surface area (Å²) in [5, 5.41) is 11.0. The lowest BCUT2D eigenvalue weighted by Gasteiger charge is -2.10. The highest BCUT2D eigenvalue weighted by Gasteiger charge is 2.16. The minimum atomic E-state index is -0.509. The van der Waals surface area contributed by atoms with Crippen LogP contribution in [-0.2, 0) is 0 Å². The number of carbonyl (C=O) groups is 2. The number of anilines is 1. The maximum absolute atomic E-state index is 12.7. The van der Waals surface area contributed by atoms with E-state index in [1.54, 1.807) is 30.3 Å². The molecule has 0 unspecified atom stereocenters. The predicted molar refractivity (Wildman–Crippen MR) is 97.3 cm³/mol. The molecule has 3 aromatic rings. The van der Waals surface area contributed by atoms with Crippen LogP contribution in [0.1, 0.15) is 26.4 Å². The first-order valence-electron chi connectivity index (χ1n) is 7.53. The number of primary amides is 1. The Morgan fingerprint density at radius 2 is 1.92 bits per heavy atom. The van der Waals surface area contributed by atoms with Crippen molar-refractivity contribution in [3.8, 4) is 16.3 Å². The summed E-state index contributed by atoms with van der Waals surface area (Å²) in [6, 6.07) is 8.50. The quantitative estimate of drug-likeness (QED) is 0.712. The van der Waals surface area contributed by atoms with Crippen molar-refractivity contribution in [2.45, 2.75) is 6.92 Å². The monoisotopic (exact) mass is 369 g/mol. The van der Waals surface area contributed by atoms with E-state index in [0.717, 1.165) is 22.6 Å². The summed E-state index contributed by atoms with van der Waals surface area (Å²) in [6.45, 7) is 1.83. The second kappa shape index (κ2) is 7.28. The summed E-state index contributed by atoms with van der Waals surface area (Å²) >= 11 is 1.12. The molecule has 1 aromatic carbocycles. The zero-order valence-corrected chi connectivity index (χ0v) is 14.8. The Bertz CT molecular complexity index is 969. The lowest BCUT2D eigenvalue weighted by atomic mass is 9.99. The normalized spacial score (nSPS) is 10.4. The topological polar surface area (TPSA) is 120 Å². The molecule has 0 bridgehead atoms. The number of benzene rings is 1. The van der Waals surface area contributed by atoms with Crippen LogP contribution >= 0.6 is 11.3 Å². The van der Waals surface area contributed by atoms with Crippen molar-refractivity contribution in [2.75, 3.05) is 12.4 Å². The number of hydrogen-bond donors (Lipinski definition) is 2. The smallest absolute Gasteiger partial charge is 0.295 e. The maximum Gasteiger partial charge on any atom is 0.295 e. The molecule has 3 rings (SSSR count). The predicted octanol–water partition coefficient (Wildman–Crippen LogP) is 2.27. The van der Waals surface area contributed by atoms with E-state index in [2.05, 4.69) is 20.5 Å². The third kappa shape index (κ3) is 3.67. The van der Waals surface area contributed by atoms with Gasteiger partial charge in [0.25, 0.3) is 11.1 Å². The van der Waals surface area contributed by atoms with Crippen LogP contribution in [0.25, 0.3) is 11.1 Å². The second-order valence-corrected chi connectivity index (χ2v) is 6.28. The van der Waals surface area contributed by atoms with Crippen LogP contribution < -0.4 is 15.8 Å². The third-order valence-corrected chi connectivity index (χ3v) is 4.37. The van der Waals surface area contributed by atoms with Gasteiger partial charge >= 0.3 is 0 Å². The summed E-state index contributed by atoms with van der Waals surface area (Å²) in [5.74, 6) is -0.879. The van der Waals surface area contributed by atoms with E-state index >= 15 is 0 Å². The molecule has 2 aromatic heterocycles. The summed E-state index contributed by atoms with van der Waals surface area (Å²) in [6.07, 6.45) is 1.50. The van der Waals surface area contributed by atoms with E-state index in [1.165, 1.54) is 13.3 Å². The number of aromatic nitrogens is 3. The molecule has 3 N–H and O–H groups in total. The zero-order valence-electron chi connectivity index (χ0n) is 14.0. The largest absolute Gasteiger partial charge is 0.472 e. The molecule has 2 heterocycles. The summed E-state index contributed by atoms with van der Waals surface area (Å²) in [7, 11) is 1.48. The van der Waals surface area contributed by atoms with Crippen LogP contribution in [0.15, 0.2) is 36.5 Å². The molecule has 0 saturated carbocycles. The van der Waals surface area contributed by atoms with E-state index < -0.39 is 5.91 Å². The number of pyridine rings is 1. The maximum atomic E-state index is 12.7. The summed E-state index contributed by atoms with van der Waals surface area (Å²) < 4.78 is 4.96. The molecule has 9 heteroatoms. The van der Waals surface area contributed by atoms with Crippen molar-refractivity contribution in [1.82, 2.24) is 15.2 Å². The standard InChI is InChI=1S/C17H15N5O3S/c1-9-7-12(10-3-5-11(6-4-10)14(18)23)13(8-19-9)15(24)20-16-21-22-17(25-2)26-16/h3-8H,1-2H3,(H2,18,23)(H,20,21,24). The first-order chi connectivity index (χ1) is 12.5. The molecular weight excluding hydrogens is 354 g/mol. The SMILES string of the molecule is COc1nnc(NC(=O)c2cnc(C)cc2-c2ccc(C(N)=O)cc2)s1. The molecule has 2 amide bonds. The number of aryl methyl sites for hydroxylation is 1. The van der Waals surface area contributed by atoms with Crippen LogP contribution in [0, 0.1) is 6.92 Å². The van der Waals surface area contributed by atoms with Crippen molar-refractivity contribution in [1.29, 1.82) is 0 Å². The van der Waals surface area contributed by atoms with Gasteiger partial charge in [-0.25, -0.2) is 0 Å². The lowest BCUT2D eigenvalue weighted by Crippen LogP contribution is -2.14. The molecule has 0 saturated heterocycles. The molecule has 0 atom stereocenters. The van der Waals surface area contributed by atoms with Gasteiger partial charge in [0.15, 0.2) is 0 Å². The van der Waals surface area contributed by atoms with Crippen molar-refractivity contribution < 1.29 is 14.3 Å². The third-order valence-electron chi connectivity index (χ3n) is 3.57. The van der Waals surface area contributed by atoms with Crippen molar-refractivity contribution in [3.63, 3.8) is 0 Å². The van der Waals surface area contributed by atoms with Crippen molar-refractivity contribution in [3.05, 3.63) is 53.3 Å². The first kappa shape index (κ1) is 17.5. The van der Waals surface area contributed by atoms with Gasteiger partial charge in [-0.15, -0.1) is 5.10 Å². The van der Waals surface area contributed by atoms with Gasteiger partial charge in [-0.1, -0.05) is 17.2 Å². The molecule has 0 radical (unpaired) electrons. The average molecular weight is 369 g/mol. The fraction of sp³-hybridized carbons (Fsp3) is 0.118. The number of hydrogen-bond acceptors (Lipinski definition) is 7. The van der Waals surface area contributed by atoms with Crippen LogP contribution in [-0.4, -0.2) is 34.1 Å². The fourth-order valence-electron chi connectivity index (χ4n) is 2.30. The highest BCUT2D eigenvalue weighted by atomic mass is 32.1. The molecule has 0 spiro atoms. The van der Waals surface area contributed by atoms with Gasteiger partial charge in [0.2, 0.25) is 11.0 Å². The highest BCUT2D eigenvalue weighted by molar-refractivity contribution is 7.17. The fourth-order valence-corrected chi connectivity index (χ4v) is 2.86. The minimum absolute atomic E-state index is 0.322. The van der Waals surface area contributed by atoms with Gasteiger partial charge < -0.3 is 10.5 Å². The van der Waals surface area contributed by atoms with Crippen LogP contribution in [0.3, 0.4) is 0 Å². The Kier molecular flexibility index (Phi) is 4.90. The molecule has 0 aliphatic rings. The Morgan fingerprint density at radius 1 is 1.19 bits per heavy atom. The first-order valence-corrected chi connectivity index (χ1v) is 8.35. The van der Waals surface area contributed by atoms with E-state index in [4.69, 9.17) is 10.5 Å². The van der Waals surface area contributed by atoms with Crippen LogP contribution in [0.5, 0.6) is 5.19 Å². The lowest BCUT2D eigenvalue weighted by molar-refractivity contribution is 0.0997. The minimum Gasteiger partial charge on any atom is -0.472 e. The van der Waals surface area contributed by atoms with E-state index in [-0.39, 0.29) is 5.91 Å². The number of amides is 2. The number of ether oxygens (including phenoxy) is 1. The number of nitrogens with one attached hydrogen (secondary N) is 1. The zero-order chi connectivity index (χ0) is 18.7. The number of carbonyl (C=O) groups excluding carboxylic acids is 2. The molecule has 0 aliphatic heterocycles. The molecule has 0 fully saturated rings. The number of rotatable bonds is 5. The van der Waals surface area contributed by atoms with Crippen LogP contribution in [0.4, 0.5) is 5.13 Å². The Morgan fingerprint density at radius 3 is 2.54 bits per heavy atom. The van der Waals surface area contributed by atoms with E-state index in [9.17, 15) is 9.59 Å². The van der Waals surface area contributed by atoms with Gasteiger partial charge in [0, 0.05) is 17.5 Å². The average Bonchev–Trinajstić information content (AvgIpc) is 3.09. The second-order valence-electron chi connectivity index (χ2n) is 5.34. The van der Waals surface area contributed by atoms with Gasteiger partial charge in [0.1, 0.15) is 0 Å². The molecule has 8 nitrogen and oxygen atoms in total. The Hall–Kier alpha value is -3.33. The highest BCUT2D eigenvalue weighted by Crippen LogP contribution is 2.27. The van der Waals surface area contributed by atoms with E-state index in [1.807, 2.05) is 6.92 Å². The number of methoxy groups -OCH3 is 1. The van der Waals surface area contributed by atoms with E-state index in [0.29, 0.717) is 27.0 Å². The molecule has 0 aliphatic carbocycles. The van der Waals surface area contributed by atoms with Crippen molar-refractivity contribution >= 4 is 28.3 Å². The van der Waals surface area contributed by atoms with Gasteiger partial charge in [0.05, 0.1) is 12.7 Å². The molecule has 132 valence electrons. The summed E-state index contributed by atoms with van der Waals surface area (Å²) in [4.78, 5) is 28.1. The summed E-state index contributed by atoms with van der Waals surface area (Å²) in [5.41, 5.74) is 8.24. The van der Waals surface area contributed by atoms with Crippen molar-refractivity contribution in [2.24, 2.45) is 5.73 Å². The van der Waals surface area contributed by atoms with Gasteiger partial charge in [-0.2, -0.15) is 0 Å². The number of nitrogens with zero attached hydrogens (tertiary/aromatic N) is 3.